The van der Waals surface area contributed by atoms with E-state index in [0.29, 0.717) is 0 Å². The first-order valence-corrected chi connectivity index (χ1v) is 4.03. The fourth-order valence-electron chi connectivity index (χ4n) is 1.33. The highest BCUT2D eigenvalue weighted by atomic mass is 15.4. The van der Waals surface area contributed by atoms with Gasteiger partial charge < -0.3 is 0 Å². The van der Waals surface area contributed by atoms with Crippen LogP contribution in [0, 0.1) is 0 Å². The molecule has 0 fully saturated rings. The van der Waals surface area contributed by atoms with Gasteiger partial charge in [0.25, 0.3) is 0 Å². The predicted octanol–water partition coefficient (Wildman–Crippen LogP) is 2.03. The van der Waals surface area contributed by atoms with E-state index in [1.54, 1.807) is 0 Å². The minimum atomic E-state index is 1.28. The van der Waals surface area contributed by atoms with Crippen LogP contribution in [0.5, 0.6) is 0 Å². The van der Waals surface area contributed by atoms with Gasteiger partial charge in [0, 0.05) is 25.9 Å². The lowest BCUT2D eigenvalue weighted by Gasteiger charge is -2.19. The molecule has 12 heavy (non-hydrogen) atoms. The Kier molecular flexibility index (Phi) is 1.54. The minimum Gasteiger partial charge on any atom is -0.294 e. The zero-order valence-corrected chi connectivity index (χ0v) is 7.36. The Morgan fingerprint density at radius 1 is 1.00 bits per heavy atom. The monoisotopic (exact) mass is 160 g/mol. The second kappa shape index (κ2) is 2.55. The van der Waals surface area contributed by atoms with Crippen molar-refractivity contribution < 1.29 is 0 Å². The zero-order chi connectivity index (χ0) is 8.55. The van der Waals surface area contributed by atoms with Gasteiger partial charge in [0.1, 0.15) is 0 Å². The van der Waals surface area contributed by atoms with Gasteiger partial charge in [-0.25, -0.2) is 0 Å². The molecule has 0 N–H and O–H groups in total. The summed E-state index contributed by atoms with van der Waals surface area (Å²) in [6.45, 7) is 0. The van der Waals surface area contributed by atoms with E-state index in [-0.39, 0.29) is 0 Å². The van der Waals surface area contributed by atoms with E-state index in [4.69, 9.17) is 0 Å². The lowest BCUT2D eigenvalue weighted by molar-refractivity contribution is 0.536. The molecule has 0 unspecified atom stereocenters. The minimum absolute atomic E-state index is 1.28. The van der Waals surface area contributed by atoms with Gasteiger partial charge in [-0.05, 0) is 0 Å². The molecule has 1 aromatic heterocycles. The van der Waals surface area contributed by atoms with Crippen molar-refractivity contribution in [3.63, 3.8) is 0 Å². The second-order valence-electron chi connectivity index (χ2n) is 2.98. The molecule has 62 valence electrons. The van der Waals surface area contributed by atoms with Crippen LogP contribution in [0.3, 0.4) is 0 Å². The van der Waals surface area contributed by atoms with E-state index in [0.717, 1.165) is 0 Å². The van der Waals surface area contributed by atoms with Gasteiger partial charge in [-0.1, -0.05) is 30.3 Å². The topological polar surface area (TPSA) is 9.86 Å². The van der Waals surface area contributed by atoms with E-state index in [2.05, 4.69) is 46.9 Å². The van der Waals surface area contributed by atoms with Crippen LogP contribution in [0.25, 0.3) is 11.3 Å². The Bertz CT molecular complexity index is 368. The molecule has 0 radical (unpaired) electrons. The summed E-state index contributed by atoms with van der Waals surface area (Å²) >= 11 is 0. The van der Waals surface area contributed by atoms with Gasteiger partial charge in [0.05, 0.1) is 5.69 Å². The van der Waals surface area contributed by atoms with E-state index in [9.17, 15) is 0 Å². The molecule has 2 aromatic rings. The number of rotatable bonds is 1. The van der Waals surface area contributed by atoms with Crippen molar-refractivity contribution in [2.45, 2.75) is 0 Å². The molecule has 2 rings (SSSR count). The van der Waals surface area contributed by atoms with Gasteiger partial charge in [0.2, 0.25) is 0 Å². The summed E-state index contributed by atoms with van der Waals surface area (Å²) in [6, 6.07) is 10.4. The van der Waals surface area contributed by atoms with Crippen LogP contribution in [-0.2, 0) is 14.1 Å². The fourth-order valence-corrected chi connectivity index (χ4v) is 1.33. The van der Waals surface area contributed by atoms with Gasteiger partial charge in [0.15, 0.2) is 0 Å². The first kappa shape index (κ1) is 7.22. The van der Waals surface area contributed by atoms with Crippen LogP contribution in [0.4, 0.5) is 0 Å². The van der Waals surface area contributed by atoms with Crippen molar-refractivity contribution in [1.29, 1.82) is 0 Å². The third-order valence-corrected chi connectivity index (χ3v) is 2.20. The summed E-state index contributed by atoms with van der Waals surface area (Å²) in [5, 5.41) is 0. The van der Waals surface area contributed by atoms with E-state index in [1.807, 2.05) is 13.1 Å². The highest BCUT2D eigenvalue weighted by Crippen LogP contribution is 2.19. The number of aryl methyl sites for hydroxylation is 1. The van der Waals surface area contributed by atoms with Crippen LogP contribution >= 0.6 is 0 Å². The molecule has 0 saturated heterocycles. The number of benzene rings is 1. The maximum absolute atomic E-state index is 2.12. The summed E-state index contributed by atoms with van der Waals surface area (Å²) in [5.74, 6) is 0. The average Bonchev–Trinajstić information content (AvgIpc) is 2.15. The summed E-state index contributed by atoms with van der Waals surface area (Å²) in [6.07, 6.45) is 2.12. The molecular formula is C10H12N2. The quantitative estimate of drug-likeness (QED) is 0.604. The molecule has 2 heteroatoms. The van der Waals surface area contributed by atoms with Crippen molar-refractivity contribution in [2.24, 2.45) is 14.1 Å². The Morgan fingerprint density at radius 2 is 1.67 bits per heavy atom. The van der Waals surface area contributed by atoms with Crippen molar-refractivity contribution in [2.75, 3.05) is 0 Å². The van der Waals surface area contributed by atoms with Crippen LogP contribution in [0.2, 0.25) is 0 Å². The molecule has 1 heterocycles. The van der Waals surface area contributed by atoms with E-state index in [1.165, 1.54) is 11.3 Å². The zero-order valence-electron chi connectivity index (χ0n) is 7.36. The molecule has 0 spiro atoms. The summed E-state index contributed by atoms with van der Waals surface area (Å²) in [7, 11) is 4.09. The predicted molar refractivity (Wildman–Crippen MR) is 49.8 cm³/mol. The lowest BCUT2D eigenvalue weighted by Crippen LogP contribution is -2.16. The largest absolute Gasteiger partial charge is 0.294 e. The third kappa shape index (κ3) is 0.961. The Labute approximate surface area is 72.0 Å². The van der Waals surface area contributed by atoms with Gasteiger partial charge >= 0.3 is 0 Å². The molecule has 0 aliphatic heterocycles. The SMILES string of the molecule is Cn1cc(-c2ccccc2)n1C. The summed E-state index contributed by atoms with van der Waals surface area (Å²) < 4.78 is 4.18. The Morgan fingerprint density at radius 3 is 2.17 bits per heavy atom. The normalized spacial score (nSPS) is 10.5. The second-order valence-corrected chi connectivity index (χ2v) is 2.98. The van der Waals surface area contributed by atoms with Crippen molar-refractivity contribution in [3.8, 4) is 11.3 Å². The Balaban J connectivity index is 2.42. The highest BCUT2D eigenvalue weighted by Gasteiger charge is 2.04. The number of nitrogens with zero attached hydrogens (tertiary/aromatic N) is 2. The molecule has 0 aliphatic rings. The van der Waals surface area contributed by atoms with Crippen LogP contribution in [0.15, 0.2) is 36.5 Å². The number of aromatic nitrogens is 2. The lowest BCUT2D eigenvalue weighted by atomic mass is 10.1. The summed E-state index contributed by atoms with van der Waals surface area (Å²) in [5.41, 5.74) is 2.55. The van der Waals surface area contributed by atoms with Gasteiger partial charge in [-0.15, -0.1) is 0 Å². The molecule has 2 nitrogen and oxygen atoms in total. The number of hydrogen-bond donors (Lipinski definition) is 0. The van der Waals surface area contributed by atoms with Gasteiger partial charge in [-0.2, -0.15) is 0 Å². The molecule has 0 bridgehead atoms. The van der Waals surface area contributed by atoms with Gasteiger partial charge in [-0.3, -0.25) is 9.36 Å². The summed E-state index contributed by atoms with van der Waals surface area (Å²) in [4.78, 5) is 0. The molecular weight excluding hydrogens is 148 g/mol. The Hall–Kier alpha value is -1.44. The molecule has 0 atom stereocenters. The van der Waals surface area contributed by atoms with Crippen LogP contribution in [0.1, 0.15) is 0 Å². The molecule has 0 aliphatic carbocycles. The van der Waals surface area contributed by atoms with E-state index >= 15 is 0 Å². The van der Waals surface area contributed by atoms with Crippen molar-refractivity contribution in [1.82, 2.24) is 9.36 Å². The third-order valence-electron chi connectivity index (χ3n) is 2.20. The average molecular weight is 160 g/mol. The van der Waals surface area contributed by atoms with E-state index < -0.39 is 0 Å². The maximum atomic E-state index is 2.12. The van der Waals surface area contributed by atoms with Crippen LogP contribution < -0.4 is 0 Å². The first-order chi connectivity index (χ1) is 5.79. The molecule has 0 amide bonds. The maximum Gasteiger partial charge on any atom is 0.0820 e. The molecule has 0 saturated carbocycles. The standard InChI is InChI=1S/C10H12N2/c1-11-8-10(12(11)2)9-6-4-3-5-7-9/h3-8H,1-2H3. The molecule has 1 aromatic carbocycles. The van der Waals surface area contributed by atoms with Crippen molar-refractivity contribution >= 4 is 0 Å². The smallest absolute Gasteiger partial charge is 0.0820 e. The highest BCUT2D eigenvalue weighted by molar-refractivity contribution is 5.59. The first-order valence-electron chi connectivity index (χ1n) is 4.03. The number of hydrogen-bond acceptors (Lipinski definition) is 0. The fraction of sp³-hybridized carbons (Fsp3) is 0.200. The van der Waals surface area contributed by atoms with Crippen molar-refractivity contribution in [3.05, 3.63) is 36.5 Å². The van der Waals surface area contributed by atoms with Crippen LogP contribution in [-0.4, -0.2) is 9.36 Å².